The number of rotatable bonds is 1. The van der Waals surface area contributed by atoms with Crippen molar-refractivity contribution in [2.75, 3.05) is 0 Å². The van der Waals surface area contributed by atoms with Crippen LogP contribution in [0.4, 0.5) is 0 Å². The number of nitriles is 1. The number of hydrogen-bond acceptors (Lipinski definition) is 2. The predicted octanol–water partition coefficient (Wildman–Crippen LogP) is 2.25. The molecule has 0 aliphatic carbocycles. The van der Waals surface area contributed by atoms with E-state index in [2.05, 4.69) is 6.07 Å². The van der Waals surface area contributed by atoms with Crippen molar-refractivity contribution in [2.24, 2.45) is 7.05 Å². The molecule has 0 atom stereocenters. The van der Waals surface area contributed by atoms with E-state index >= 15 is 0 Å². The number of nitrogens with zero attached hydrogens (tertiary/aromatic N) is 2. The molecule has 0 fully saturated rings. The van der Waals surface area contributed by atoms with Gasteiger partial charge in [-0.1, -0.05) is 24.3 Å². The van der Waals surface area contributed by atoms with Crippen LogP contribution >= 0.6 is 0 Å². The molecule has 0 bridgehead atoms. The van der Waals surface area contributed by atoms with E-state index in [1.165, 1.54) is 6.92 Å². The zero-order valence-electron chi connectivity index (χ0n) is 8.61. The molecule has 0 spiro atoms. The highest BCUT2D eigenvalue weighted by molar-refractivity contribution is 6.08. The summed E-state index contributed by atoms with van der Waals surface area (Å²) in [6, 6.07) is 9.59. The first kappa shape index (κ1) is 9.47. The van der Waals surface area contributed by atoms with Crippen molar-refractivity contribution in [2.45, 2.75) is 6.92 Å². The third kappa shape index (κ3) is 1.23. The number of ketones is 1. The van der Waals surface area contributed by atoms with E-state index < -0.39 is 0 Å². The molecule has 0 aliphatic heterocycles. The van der Waals surface area contributed by atoms with E-state index in [1.807, 2.05) is 24.3 Å². The Morgan fingerprint density at radius 3 is 2.47 bits per heavy atom. The molecule has 1 aromatic heterocycles. The summed E-state index contributed by atoms with van der Waals surface area (Å²) in [5.74, 6) is -0.0183. The molecule has 74 valence electrons. The molecule has 2 rings (SSSR count). The van der Waals surface area contributed by atoms with Crippen LogP contribution in [0.15, 0.2) is 24.3 Å². The first-order valence-corrected chi connectivity index (χ1v) is 4.65. The Kier molecular flexibility index (Phi) is 2.05. The molecular weight excluding hydrogens is 188 g/mol. The second-order valence-corrected chi connectivity index (χ2v) is 3.47. The Hall–Kier alpha value is -2.08. The van der Waals surface area contributed by atoms with Gasteiger partial charge in [-0.05, 0) is 0 Å². The van der Waals surface area contributed by atoms with Crippen LogP contribution in [0.1, 0.15) is 23.1 Å². The predicted molar refractivity (Wildman–Crippen MR) is 57.6 cm³/mol. The fraction of sp³-hybridized carbons (Fsp3) is 0.167. The van der Waals surface area contributed by atoms with E-state index in [4.69, 9.17) is 5.26 Å². The number of hydrogen-bond donors (Lipinski definition) is 0. The second kappa shape index (κ2) is 3.25. The molecule has 0 aliphatic rings. The van der Waals surface area contributed by atoms with Gasteiger partial charge < -0.3 is 4.57 Å². The van der Waals surface area contributed by atoms with Gasteiger partial charge in [-0.2, -0.15) is 5.26 Å². The van der Waals surface area contributed by atoms with Crippen LogP contribution in [0, 0.1) is 11.3 Å². The van der Waals surface area contributed by atoms with Crippen molar-refractivity contribution >= 4 is 16.6 Å². The molecule has 1 heterocycles. The number of aromatic nitrogens is 1. The SMILES string of the molecule is CC(=O)c1c2ccccc2c(C#N)n1C. The van der Waals surface area contributed by atoms with E-state index in [0.29, 0.717) is 11.4 Å². The minimum atomic E-state index is -0.0183. The summed E-state index contributed by atoms with van der Waals surface area (Å²) in [7, 11) is 1.75. The van der Waals surface area contributed by atoms with Crippen molar-refractivity contribution in [3.05, 3.63) is 35.7 Å². The minimum Gasteiger partial charge on any atom is -0.332 e. The quantitative estimate of drug-likeness (QED) is 0.660. The highest BCUT2D eigenvalue weighted by atomic mass is 16.1. The zero-order chi connectivity index (χ0) is 11.0. The van der Waals surface area contributed by atoms with Crippen LogP contribution in [0.25, 0.3) is 10.8 Å². The van der Waals surface area contributed by atoms with E-state index in [0.717, 1.165) is 10.8 Å². The molecule has 3 heteroatoms. The molecule has 0 amide bonds. The summed E-state index contributed by atoms with van der Waals surface area (Å²) in [6.07, 6.45) is 0. The van der Waals surface area contributed by atoms with Crippen molar-refractivity contribution < 1.29 is 4.79 Å². The van der Waals surface area contributed by atoms with Crippen LogP contribution in [-0.2, 0) is 7.05 Å². The largest absolute Gasteiger partial charge is 0.332 e. The maximum absolute atomic E-state index is 11.5. The fourth-order valence-electron chi connectivity index (χ4n) is 1.93. The van der Waals surface area contributed by atoms with Crippen molar-refractivity contribution in [3.8, 4) is 6.07 Å². The van der Waals surface area contributed by atoms with E-state index in [9.17, 15) is 4.79 Å². The summed E-state index contributed by atoms with van der Waals surface area (Å²) >= 11 is 0. The van der Waals surface area contributed by atoms with Crippen LogP contribution in [-0.4, -0.2) is 10.4 Å². The summed E-state index contributed by atoms with van der Waals surface area (Å²) in [5.41, 5.74) is 1.14. The van der Waals surface area contributed by atoms with Gasteiger partial charge in [-0.15, -0.1) is 0 Å². The number of benzene rings is 1. The van der Waals surface area contributed by atoms with Crippen LogP contribution in [0.5, 0.6) is 0 Å². The Labute approximate surface area is 87.5 Å². The Morgan fingerprint density at radius 1 is 1.33 bits per heavy atom. The number of carbonyl (C=O) groups is 1. The zero-order valence-corrected chi connectivity index (χ0v) is 8.61. The second-order valence-electron chi connectivity index (χ2n) is 3.47. The lowest BCUT2D eigenvalue weighted by Crippen LogP contribution is -2.03. The van der Waals surface area contributed by atoms with Gasteiger partial charge in [0.1, 0.15) is 11.8 Å². The van der Waals surface area contributed by atoms with Crippen LogP contribution in [0.2, 0.25) is 0 Å². The molecule has 0 radical (unpaired) electrons. The number of Topliss-reactive ketones (excluding diaryl/α,β-unsaturated/α-hetero) is 1. The summed E-state index contributed by atoms with van der Waals surface area (Å²) in [4.78, 5) is 11.5. The molecule has 2 aromatic rings. The van der Waals surface area contributed by atoms with Crippen molar-refractivity contribution in [3.63, 3.8) is 0 Å². The van der Waals surface area contributed by atoms with Gasteiger partial charge in [0.05, 0.1) is 5.69 Å². The Morgan fingerprint density at radius 2 is 1.93 bits per heavy atom. The molecule has 0 saturated heterocycles. The van der Waals surface area contributed by atoms with Gasteiger partial charge in [0.25, 0.3) is 0 Å². The first-order valence-electron chi connectivity index (χ1n) is 4.65. The number of carbonyl (C=O) groups excluding carboxylic acids is 1. The topological polar surface area (TPSA) is 45.8 Å². The maximum atomic E-state index is 11.5. The Balaban J connectivity index is 2.99. The average molecular weight is 198 g/mol. The smallest absolute Gasteiger partial charge is 0.176 e. The lowest BCUT2D eigenvalue weighted by molar-refractivity contribution is 0.101. The molecule has 1 aromatic carbocycles. The van der Waals surface area contributed by atoms with Gasteiger partial charge in [0.15, 0.2) is 5.78 Å². The average Bonchev–Trinajstić information content (AvgIpc) is 2.49. The fourth-order valence-corrected chi connectivity index (χ4v) is 1.93. The maximum Gasteiger partial charge on any atom is 0.176 e. The van der Waals surface area contributed by atoms with Gasteiger partial charge in [-0.3, -0.25) is 4.79 Å². The highest BCUT2D eigenvalue weighted by Gasteiger charge is 2.16. The van der Waals surface area contributed by atoms with E-state index in [1.54, 1.807) is 11.6 Å². The summed E-state index contributed by atoms with van der Waals surface area (Å²) < 4.78 is 1.66. The molecule has 0 N–H and O–H groups in total. The Bertz CT molecular complexity index is 587. The molecule has 0 saturated carbocycles. The normalized spacial score (nSPS) is 10.2. The lowest BCUT2D eigenvalue weighted by atomic mass is 10.1. The minimum absolute atomic E-state index is 0.0183. The monoisotopic (exact) mass is 198 g/mol. The van der Waals surface area contributed by atoms with Crippen LogP contribution in [0.3, 0.4) is 0 Å². The standard InChI is InChI=1S/C12H10N2O/c1-8(15)12-10-6-4-3-5-9(10)11(7-13)14(12)2/h3-6H,1-2H3. The third-order valence-electron chi connectivity index (χ3n) is 2.55. The highest BCUT2D eigenvalue weighted by Crippen LogP contribution is 2.24. The molecule has 15 heavy (non-hydrogen) atoms. The van der Waals surface area contributed by atoms with Crippen molar-refractivity contribution in [1.82, 2.24) is 4.57 Å². The summed E-state index contributed by atoms with van der Waals surface area (Å²) in [6.45, 7) is 1.52. The molecule has 3 nitrogen and oxygen atoms in total. The van der Waals surface area contributed by atoms with Gasteiger partial charge in [-0.25, -0.2) is 0 Å². The number of fused-ring (bicyclic) bond motifs is 1. The molecular formula is C12H10N2O. The van der Waals surface area contributed by atoms with Crippen molar-refractivity contribution in [1.29, 1.82) is 5.26 Å². The first-order chi connectivity index (χ1) is 7.16. The van der Waals surface area contributed by atoms with E-state index in [-0.39, 0.29) is 5.78 Å². The van der Waals surface area contributed by atoms with Gasteiger partial charge in [0.2, 0.25) is 0 Å². The van der Waals surface area contributed by atoms with Gasteiger partial charge >= 0.3 is 0 Å². The summed E-state index contributed by atoms with van der Waals surface area (Å²) in [5, 5.41) is 10.7. The van der Waals surface area contributed by atoms with Gasteiger partial charge in [0, 0.05) is 24.7 Å². The van der Waals surface area contributed by atoms with Crippen LogP contribution < -0.4 is 0 Å². The lowest BCUT2D eigenvalue weighted by Gasteiger charge is -1.98. The third-order valence-corrected chi connectivity index (χ3v) is 2.55. The molecule has 0 unspecified atom stereocenters.